The largest absolute Gasteiger partial charge is 0.468 e. The normalized spacial score (nSPS) is 19.7. The fourth-order valence-corrected chi connectivity index (χ4v) is 3.07. The second-order valence-corrected chi connectivity index (χ2v) is 6.82. The van der Waals surface area contributed by atoms with Crippen molar-refractivity contribution in [3.63, 3.8) is 0 Å². The van der Waals surface area contributed by atoms with Gasteiger partial charge in [-0.2, -0.15) is 28.4 Å². The highest BCUT2D eigenvalue weighted by molar-refractivity contribution is 6.37. The summed E-state index contributed by atoms with van der Waals surface area (Å²) in [6.07, 6.45) is -4.61. The van der Waals surface area contributed by atoms with Gasteiger partial charge in [0.25, 0.3) is 11.6 Å². The van der Waals surface area contributed by atoms with Crippen LogP contribution in [0.5, 0.6) is 5.75 Å². The van der Waals surface area contributed by atoms with Crippen molar-refractivity contribution in [2.45, 2.75) is 32.0 Å². The van der Waals surface area contributed by atoms with E-state index in [4.69, 9.17) is 27.9 Å². The highest BCUT2D eigenvalue weighted by Crippen LogP contribution is 2.40. The minimum absolute atomic E-state index is 0.000790. The second kappa shape index (κ2) is 7.26. The maximum Gasteiger partial charge on any atom is 0.438 e. The van der Waals surface area contributed by atoms with Crippen LogP contribution in [-0.2, 0) is 6.73 Å². The summed E-state index contributed by atoms with van der Waals surface area (Å²) in [5.74, 6) is -1.01. The molecule has 1 amide bonds. The predicted octanol–water partition coefficient (Wildman–Crippen LogP) is 3.70. The third kappa shape index (κ3) is 3.67. The van der Waals surface area contributed by atoms with Crippen LogP contribution in [0.15, 0.2) is 35.6 Å². The van der Waals surface area contributed by atoms with Crippen molar-refractivity contribution in [2.24, 2.45) is 5.10 Å². The van der Waals surface area contributed by atoms with E-state index in [0.717, 1.165) is 4.68 Å². The molecule has 1 aromatic carbocycles. The quantitative estimate of drug-likeness (QED) is 0.792. The van der Waals surface area contributed by atoms with E-state index in [2.05, 4.69) is 10.2 Å². The summed E-state index contributed by atoms with van der Waals surface area (Å²) in [6, 6.07) is 5.93. The van der Waals surface area contributed by atoms with Gasteiger partial charge in [0.2, 0.25) is 0 Å². The highest BCUT2D eigenvalue weighted by Gasteiger charge is 2.63. The fraction of sp³-hybridized carbons (Fsp3) is 0.312. The van der Waals surface area contributed by atoms with Crippen LogP contribution in [0.4, 0.5) is 13.2 Å². The van der Waals surface area contributed by atoms with Crippen molar-refractivity contribution in [3.8, 4) is 5.75 Å². The van der Waals surface area contributed by atoms with Crippen LogP contribution in [0.2, 0.25) is 10.0 Å². The lowest BCUT2D eigenvalue weighted by atomic mass is 10.1. The molecule has 1 aromatic heterocycles. The first kappa shape index (κ1) is 20.4. The summed E-state index contributed by atoms with van der Waals surface area (Å²) in [5.41, 5.74) is -3.81. The molecule has 0 saturated heterocycles. The molecule has 7 nitrogen and oxygen atoms in total. The van der Waals surface area contributed by atoms with E-state index >= 15 is 0 Å². The zero-order valence-electron chi connectivity index (χ0n) is 14.2. The van der Waals surface area contributed by atoms with Crippen molar-refractivity contribution < 1.29 is 27.8 Å². The van der Waals surface area contributed by atoms with Crippen LogP contribution in [-0.4, -0.2) is 43.4 Å². The topological polar surface area (TPSA) is 80.0 Å². The molecular formula is C16H13Cl2F3N4O3. The average molecular weight is 437 g/mol. The molecule has 1 aliphatic heterocycles. The van der Waals surface area contributed by atoms with Gasteiger partial charge in [0, 0.05) is 18.3 Å². The van der Waals surface area contributed by atoms with Gasteiger partial charge in [0.1, 0.15) is 0 Å². The number of benzene rings is 1. The molecule has 0 radical (unpaired) electrons. The molecule has 28 heavy (non-hydrogen) atoms. The molecule has 12 heteroatoms. The minimum Gasteiger partial charge on any atom is -0.468 e. The maximum absolute atomic E-state index is 13.2. The second-order valence-electron chi connectivity index (χ2n) is 6.01. The molecule has 0 fully saturated rings. The standard InChI is InChI=1S/C16H13Cl2F3N4O3/c1-9-7-15(27,16(19,20)21)25(22-9)14(26)12-5-6-24(23-12)8-28-13-10(17)3-2-4-11(13)18/h2-6,27H,7-8H2,1H3/t15-/m0/s1. The molecule has 150 valence electrons. The zero-order valence-corrected chi connectivity index (χ0v) is 15.8. The Kier molecular flexibility index (Phi) is 5.30. The molecule has 0 spiro atoms. The van der Waals surface area contributed by atoms with Crippen molar-refractivity contribution >= 4 is 34.8 Å². The van der Waals surface area contributed by atoms with Gasteiger partial charge in [0.15, 0.2) is 18.2 Å². The number of hydrogen-bond acceptors (Lipinski definition) is 5. The van der Waals surface area contributed by atoms with Crippen LogP contribution in [0.1, 0.15) is 23.8 Å². The smallest absolute Gasteiger partial charge is 0.438 e. The summed E-state index contributed by atoms with van der Waals surface area (Å²) in [7, 11) is 0. The molecule has 1 aliphatic rings. The van der Waals surface area contributed by atoms with Crippen molar-refractivity contribution in [2.75, 3.05) is 0 Å². The van der Waals surface area contributed by atoms with E-state index in [0.29, 0.717) is 0 Å². The van der Waals surface area contributed by atoms with E-state index in [1.165, 1.54) is 19.2 Å². The number of alkyl halides is 3. The summed E-state index contributed by atoms with van der Waals surface area (Å²) >= 11 is 12.0. The van der Waals surface area contributed by atoms with E-state index in [1.807, 2.05) is 0 Å². The van der Waals surface area contributed by atoms with Gasteiger partial charge in [-0.05, 0) is 25.1 Å². The number of carbonyl (C=O) groups excluding carboxylic acids is 1. The van der Waals surface area contributed by atoms with Crippen LogP contribution < -0.4 is 4.74 Å². The number of nitrogens with zero attached hydrogens (tertiary/aromatic N) is 4. The molecule has 3 rings (SSSR count). The Morgan fingerprint density at radius 2 is 1.96 bits per heavy atom. The van der Waals surface area contributed by atoms with Gasteiger partial charge < -0.3 is 9.84 Å². The first-order valence-corrected chi connectivity index (χ1v) is 8.56. The van der Waals surface area contributed by atoms with Crippen LogP contribution in [0.25, 0.3) is 0 Å². The lowest BCUT2D eigenvalue weighted by Crippen LogP contribution is -2.56. The monoisotopic (exact) mass is 436 g/mol. The zero-order chi connectivity index (χ0) is 20.7. The summed E-state index contributed by atoms with van der Waals surface area (Å²) < 4.78 is 46.3. The lowest BCUT2D eigenvalue weighted by Gasteiger charge is -2.32. The Morgan fingerprint density at radius 1 is 1.32 bits per heavy atom. The first-order valence-electron chi connectivity index (χ1n) is 7.81. The Hall–Kier alpha value is -2.30. The Labute approximate surface area is 166 Å². The van der Waals surface area contributed by atoms with Crippen LogP contribution >= 0.6 is 23.2 Å². The number of hydrazone groups is 1. The van der Waals surface area contributed by atoms with Gasteiger partial charge in [-0.15, -0.1) is 0 Å². The SMILES string of the molecule is CC1=NN(C(=O)c2ccn(COc3c(Cl)cccc3Cl)n2)[C@@](O)(C(F)(F)F)C1. The molecule has 0 unspecified atom stereocenters. The lowest BCUT2D eigenvalue weighted by molar-refractivity contribution is -0.297. The molecular weight excluding hydrogens is 424 g/mol. The van der Waals surface area contributed by atoms with Gasteiger partial charge in [-0.3, -0.25) is 4.79 Å². The predicted molar refractivity (Wildman–Crippen MR) is 94.2 cm³/mol. The third-order valence-corrected chi connectivity index (χ3v) is 4.48. The van der Waals surface area contributed by atoms with E-state index in [1.54, 1.807) is 18.2 Å². The number of carbonyl (C=O) groups is 1. The Bertz CT molecular complexity index is 927. The Balaban J connectivity index is 1.77. The third-order valence-electron chi connectivity index (χ3n) is 3.89. The van der Waals surface area contributed by atoms with Gasteiger partial charge in [-0.25, -0.2) is 4.68 Å². The number of para-hydroxylation sites is 1. The van der Waals surface area contributed by atoms with E-state index in [9.17, 15) is 23.1 Å². The first-order chi connectivity index (χ1) is 13.0. The molecule has 1 N–H and O–H groups in total. The summed E-state index contributed by atoms with van der Waals surface area (Å²) in [6.45, 7) is 1.08. The number of aliphatic hydroxyl groups is 1. The van der Waals surface area contributed by atoms with Crippen molar-refractivity contribution in [3.05, 3.63) is 46.2 Å². The van der Waals surface area contributed by atoms with Crippen molar-refractivity contribution in [1.82, 2.24) is 14.8 Å². The van der Waals surface area contributed by atoms with E-state index in [-0.39, 0.29) is 38.9 Å². The molecule has 0 saturated carbocycles. The number of rotatable bonds is 4. The summed E-state index contributed by atoms with van der Waals surface area (Å²) in [5, 5.41) is 17.9. The molecule has 1 atom stereocenters. The van der Waals surface area contributed by atoms with Gasteiger partial charge >= 0.3 is 6.18 Å². The maximum atomic E-state index is 13.2. The summed E-state index contributed by atoms with van der Waals surface area (Å²) in [4.78, 5) is 12.5. The van der Waals surface area contributed by atoms with Gasteiger partial charge in [-0.1, -0.05) is 29.3 Å². The van der Waals surface area contributed by atoms with E-state index < -0.39 is 24.2 Å². The molecule has 0 bridgehead atoms. The fourth-order valence-electron chi connectivity index (χ4n) is 2.56. The number of ether oxygens (including phenoxy) is 1. The number of halogens is 5. The molecule has 2 heterocycles. The highest BCUT2D eigenvalue weighted by atomic mass is 35.5. The minimum atomic E-state index is -5.09. The number of hydrogen-bond donors (Lipinski definition) is 1. The van der Waals surface area contributed by atoms with Crippen molar-refractivity contribution in [1.29, 1.82) is 0 Å². The van der Waals surface area contributed by atoms with Crippen LogP contribution in [0, 0.1) is 0 Å². The molecule has 0 aliphatic carbocycles. The number of aromatic nitrogens is 2. The average Bonchev–Trinajstić information content (AvgIpc) is 3.18. The number of amides is 1. The van der Waals surface area contributed by atoms with Gasteiger partial charge in [0.05, 0.1) is 10.0 Å². The Morgan fingerprint density at radius 3 is 2.57 bits per heavy atom. The van der Waals surface area contributed by atoms with Crippen LogP contribution in [0.3, 0.4) is 0 Å². The molecule has 2 aromatic rings.